The van der Waals surface area contributed by atoms with Gasteiger partial charge in [0.2, 0.25) is 5.95 Å². The van der Waals surface area contributed by atoms with E-state index in [1.165, 1.54) is 6.42 Å². The van der Waals surface area contributed by atoms with Crippen molar-refractivity contribution in [3.05, 3.63) is 17.9 Å². The molecule has 0 radical (unpaired) electrons. The maximum Gasteiger partial charge on any atom is 0.245 e. The van der Waals surface area contributed by atoms with Crippen molar-refractivity contribution in [2.45, 2.75) is 19.8 Å². The molecule has 6 heteroatoms. The minimum atomic E-state index is 0.543. The van der Waals surface area contributed by atoms with E-state index >= 15 is 0 Å². The van der Waals surface area contributed by atoms with Crippen molar-refractivity contribution < 1.29 is 4.42 Å². The first-order chi connectivity index (χ1) is 9.26. The molecule has 19 heavy (non-hydrogen) atoms. The number of aryl methyl sites for hydroxylation is 1. The first kappa shape index (κ1) is 12.2. The van der Waals surface area contributed by atoms with Crippen molar-refractivity contribution in [1.82, 2.24) is 15.2 Å². The monoisotopic (exact) mass is 261 g/mol. The number of hydrogen-bond donors (Lipinski definition) is 2. The Morgan fingerprint density at radius 3 is 3.16 bits per heavy atom. The summed E-state index contributed by atoms with van der Waals surface area (Å²) in [7, 11) is 0. The fourth-order valence-corrected chi connectivity index (χ4v) is 2.51. The highest BCUT2D eigenvalue weighted by molar-refractivity contribution is 5.49. The Morgan fingerprint density at radius 2 is 2.42 bits per heavy atom. The van der Waals surface area contributed by atoms with Gasteiger partial charge in [0.05, 0.1) is 0 Å². The fraction of sp³-hybridized carbons (Fsp3) is 0.538. The van der Waals surface area contributed by atoms with Crippen LogP contribution in [0.15, 0.2) is 16.5 Å². The van der Waals surface area contributed by atoms with Gasteiger partial charge in [0.1, 0.15) is 5.76 Å². The van der Waals surface area contributed by atoms with E-state index in [4.69, 9.17) is 10.2 Å². The third-order valence-electron chi connectivity index (χ3n) is 3.58. The summed E-state index contributed by atoms with van der Waals surface area (Å²) in [6.45, 7) is 4.57. The smallest absolute Gasteiger partial charge is 0.245 e. The SMILES string of the molecule is Cc1ccc(-c2nc(N3CCCC(CN)C3)n[nH]2)o1. The number of piperidine rings is 1. The van der Waals surface area contributed by atoms with Gasteiger partial charge in [0.25, 0.3) is 0 Å². The van der Waals surface area contributed by atoms with Crippen LogP contribution in [0.3, 0.4) is 0 Å². The van der Waals surface area contributed by atoms with Crippen molar-refractivity contribution in [3.63, 3.8) is 0 Å². The third-order valence-corrected chi connectivity index (χ3v) is 3.58. The van der Waals surface area contributed by atoms with Crippen LogP contribution in [-0.4, -0.2) is 34.8 Å². The van der Waals surface area contributed by atoms with E-state index in [1.54, 1.807) is 0 Å². The molecule has 3 heterocycles. The molecule has 6 nitrogen and oxygen atoms in total. The molecular formula is C13H19N5O. The Bertz CT molecular complexity index is 547. The third kappa shape index (κ3) is 2.49. The lowest BCUT2D eigenvalue weighted by molar-refractivity contribution is 0.420. The summed E-state index contributed by atoms with van der Waals surface area (Å²) in [6.07, 6.45) is 2.34. The summed E-state index contributed by atoms with van der Waals surface area (Å²) in [5, 5.41) is 7.22. The fourth-order valence-electron chi connectivity index (χ4n) is 2.51. The van der Waals surface area contributed by atoms with Gasteiger partial charge >= 0.3 is 0 Å². The highest BCUT2D eigenvalue weighted by Gasteiger charge is 2.22. The molecule has 1 unspecified atom stereocenters. The van der Waals surface area contributed by atoms with Gasteiger partial charge < -0.3 is 15.1 Å². The molecule has 1 saturated heterocycles. The second-order valence-electron chi connectivity index (χ2n) is 5.08. The molecule has 3 N–H and O–H groups in total. The Morgan fingerprint density at radius 1 is 1.53 bits per heavy atom. The second-order valence-corrected chi connectivity index (χ2v) is 5.08. The summed E-state index contributed by atoms with van der Waals surface area (Å²) in [5.74, 6) is 3.56. The molecule has 0 aliphatic carbocycles. The van der Waals surface area contributed by atoms with Crippen LogP contribution >= 0.6 is 0 Å². The van der Waals surface area contributed by atoms with E-state index in [0.717, 1.165) is 43.5 Å². The molecule has 1 atom stereocenters. The average molecular weight is 261 g/mol. The molecule has 1 fully saturated rings. The molecule has 2 aromatic heterocycles. The lowest BCUT2D eigenvalue weighted by atomic mass is 9.99. The van der Waals surface area contributed by atoms with Crippen LogP contribution in [0.4, 0.5) is 5.95 Å². The van der Waals surface area contributed by atoms with E-state index in [9.17, 15) is 0 Å². The number of H-pyrrole nitrogens is 1. The standard InChI is InChI=1S/C13H19N5O/c1-9-4-5-11(19-9)12-15-13(17-16-12)18-6-2-3-10(7-14)8-18/h4-5,10H,2-3,6-8,14H2,1H3,(H,15,16,17). The number of hydrogen-bond acceptors (Lipinski definition) is 5. The largest absolute Gasteiger partial charge is 0.458 e. The van der Waals surface area contributed by atoms with Crippen LogP contribution in [0.2, 0.25) is 0 Å². The zero-order valence-electron chi connectivity index (χ0n) is 11.1. The van der Waals surface area contributed by atoms with Crippen LogP contribution in [0.25, 0.3) is 11.6 Å². The molecule has 0 saturated carbocycles. The molecule has 0 spiro atoms. The highest BCUT2D eigenvalue weighted by Crippen LogP contribution is 2.23. The number of nitrogens with one attached hydrogen (secondary N) is 1. The summed E-state index contributed by atoms with van der Waals surface area (Å²) in [4.78, 5) is 6.70. The van der Waals surface area contributed by atoms with Gasteiger partial charge in [-0.3, -0.25) is 5.10 Å². The predicted molar refractivity (Wildman–Crippen MR) is 72.8 cm³/mol. The zero-order valence-corrected chi connectivity index (χ0v) is 11.1. The summed E-state index contributed by atoms with van der Waals surface area (Å²) < 4.78 is 5.54. The molecule has 0 aromatic carbocycles. The Labute approximate surface area is 112 Å². The minimum absolute atomic E-state index is 0.543. The number of nitrogens with zero attached hydrogens (tertiary/aromatic N) is 3. The number of furan rings is 1. The first-order valence-electron chi connectivity index (χ1n) is 6.70. The topological polar surface area (TPSA) is 84.0 Å². The van der Waals surface area contributed by atoms with Gasteiger partial charge in [-0.1, -0.05) is 0 Å². The maximum atomic E-state index is 5.75. The molecule has 0 amide bonds. The van der Waals surface area contributed by atoms with Gasteiger partial charge in [0.15, 0.2) is 11.6 Å². The molecule has 102 valence electrons. The van der Waals surface area contributed by atoms with Crippen LogP contribution in [0.5, 0.6) is 0 Å². The minimum Gasteiger partial charge on any atom is -0.458 e. The van der Waals surface area contributed by atoms with Gasteiger partial charge in [-0.05, 0) is 44.4 Å². The predicted octanol–water partition coefficient (Wildman–Crippen LogP) is 1.55. The molecule has 3 rings (SSSR count). The molecule has 0 bridgehead atoms. The van der Waals surface area contributed by atoms with Crippen LogP contribution in [0.1, 0.15) is 18.6 Å². The van der Waals surface area contributed by atoms with Crippen molar-refractivity contribution in [2.24, 2.45) is 11.7 Å². The average Bonchev–Trinajstić information content (AvgIpc) is 3.07. The van der Waals surface area contributed by atoms with E-state index in [2.05, 4.69) is 20.1 Å². The lowest BCUT2D eigenvalue weighted by Gasteiger charge is -2.31. The zero-order chi connectivity index (χ0) is 13.2. The van der Waals surface area contributed by atoms with E-state index in [-0.39, 0.29) is 0 Å². The summed E-state index contributed by atoms with van der Waals surface area (Å²) >= 11 is 0. The number of aromatic amines is 1. The number of rotatable bonds is 3. The molecule has 1 aliphatic rings. The van der Waals surface area contributed by atoms with Gasteiger partial charge in [-0.2, -0.15) is 4.98 Å². The van der Waals surface area contributed by atoms with Crippen LogP contribution in [0, 0.1) is 12.8 Å². The first-order valence-corrected chi connectivity index (χ1v) is 6.70. The Hall–Kier alpha value is -1.82. The molecular weight excluding hydrogens is 242 g/mol. The van der Waals surface area contributed by atoms with Crippen molar-refractivity contribution in [3.8, 4) is 11.6 Å². The summed E-state index contributed by atoms with van der Waals surface area (Å²) in [5.41, 5.74) is 5.75. The number of anilines is 1. The van der Waals surface area contributed by atoms with Crippen molar-refractivity contribution in [1.29, 1.82) is 0 Å². The van der Waals surface area contributed by atoms with E-state index in [0.29, 0.717) is 11.7 Å². The van der Waals surface area contributed by atoms with Gasteiger partial charge in [-0.25, -0.2) is 0 Å². The Kier molecular flexibility index (Phi) is 3.25. The van der Waals surface area contributed by atoms with Crippen LogP contribution < -0.4 is 10.6 Å². The van der Waals surface area contributed by atoms with Crippen LogP contribution in [-0.2, 0) is 0 Å². The van der Waals surface area contributed by atoms with Gasteiger partial charge in [0, 0.05) is 13.1 Å². The highest BCUT2D eigenvalue weighted by atomic mass is 16.3. The normalized spacial score (nSPS) is 19.9. The van der Waals surface area contributed by atoms with Gasteiger partial charge in [-0.15, -0.1) is 5.10 Å². The second kappa shape index (κ2) is 5.05. The molecule has 1 aliphatic heterocycles. The Balaban J connectivity index is 1.77. The maximum absolute atomic E-state index is 5.75. The summed E-state index contributed by atoms with van der Waals surface area (Å²) in [6, 6.07) is 3.82. The quantitative estimate of drug-likeness (QED) is 0.875. The molecule has 2 aromatic rings. The van der Waals surface area contributed by atoms with E-state index < -0.39 is 0 Å². The lowest BCUT2D eigenvalue weighted by Crippen LogP contribution is -2.38. The van der Waals surface area contributed by atoms with Crippen molar-refractivity contribution in [2.75, 3.05) is 24.5 Å². The van der Waals surface area contributed by atoms with E-state index in [1.807, 2.05) is 19.1 Å². The van der Waals surface area contributed by atoms with Crippen molar-refractivity contribution >= 4 is 5.95 Å². The number of aromatic nitrogens is 3. The number of nitrogens with two attached hydrogens (primary N) is 1.